The number of hydrogen-bond donors (Lipinski definition) is 4. The lowest BCUT2D eigenvalue weighted by Gasteiger charge is -2.24. The van der Waals surface area contributed by atoms with Crippen LogP contribution in [0.5, 0.6) is 0 Å². The fraction of sp³-hybridized carbons (Fsp3) is 0.778. The van der Waals surface area contributed by atoms with Gasteiger partial charge in [0.05, 0.1) is 5.94 Å². The van der Waals surface area contributed by atoms with Crippen LogP contribution < -0.4 is 5.73 Å². The van der Waals surface area contributed by atoms with Gasteiger partial charge in [0.25, 0.3) is 6.47 Å². The fourth-order valence-corrected chi connectivity index (χ4v) is 1.80. The van der Waals surface area contributed by atoms with Crippen LogP contribution in [-0.4, -0.2) is 58.1 Å². The Morgan fingerprint density at radius 1 is 1.65 bits per heavy atom. The van der Waals surface area contributed by atoms with Gasteiger partial charge in [0.15, 0.2) is 0 Å². The average Bonchev–Trinajstić information content (AvgIpc) is 2.65. The number of carbonyl (C=O) groups excluding carboxylic acids is 1. The van der Waals surface area contributed by atoms with Crippen LogP contribution >= 0.6 is 0 Å². The Morgan fingerprint density at radius 3 is 2.59 bits per heavy atom. The highest BCUT2D eigenvalue weighted by atomic mass is 16.4. The minimum absolute atomic E-state index is 0.0874. The maximum Gasteiger partial charge on any atom is 0.475 e. The van der Waals surface area contributed by atoms with Gasteiger partial charge in [-0.3, -0.25) is 9.59 Å². The highest BCUT2D eigenvalue weighted by Crippen LogP contribution is 2.19. The largest absolute Gasteiger partial charge is 0.483 e. The summed E-state index contributed by atoms with van der Waals surface area (Å²) in [7, 11) is -1.44. The highest BCUT2D eigenvalue weighted by molar-refractivity contribution is 6.43. The Balaban J connectivity index is 0.000000770. The molecule has 17 heavy (non-hydrogen) atoms. The lowest BCUT2D eigenvalue weighted by atomic mass is 9.78. The third kappa shape index (κ3) is 5.67. The molecule has 7 nitrogen and oxygen atoms in total. The van der Waals surface area contributed by atoms with Crippen LogP contribution in [0, 0.1) is 0 Å². The van der Waals surface area contributed by atoms with Crippen LogP contribution in [0.3, 0.4) is 0 Å². The summed E-state index contributed by atoms with van der Waals surface area (Å²) in [5, 5.41) is 25.0. The van der Waals surface area contributed by atoms with Gasteiger partial charge in [-0.25, -0.2) is 0 Å². The Kier molecular flexibility index (Phi) is 7.52. The van der Waals surface area contributed by atoms with E-state index in [-0.39, 0.29) is 24.8 Å². The van der Waals surface area contributed by atoms with Gasteiger partial charge in [0.2, 0.25) is 5.91 Å². The second-order valence-corrected chi connectivity index (χ2v) is 4.00. The number of carboxylic acid groups (broad SMARTS) is 1. The van der Waals surface area contributed by atoms with Crippen LogP contribution in [0.1, 0.15) is 26.2 Å². The molecular weight excluding hydrogens is 227 g/mol. The zero-order chi connectivity index (χ0) is 13.4. The Bertz CT molecular complexity index is 250. The molecule has 5 N–H and O–H groups in total. The van der Waals surface area contributed by atoms with E-state index in [1.54, 1.807) is 6.92 Å². The summed E-state index contributed by atoms with van der Waals surface area (Å²) in [6, 6.07) is -0.181. The molecule has 8 heteroatoms. The van der Waals surface area contributed by atoms with Gasteiger partial charge in [0.1, 0.15) is 0 Å². The quantitative estimate of drug-likeness (QED) is 0.352. The first-order chi connectivity index (χ1) is 7.93. The van der Waals surface area contributed by atoms with Crippen molar-refractivity contribution in [3.63, 3.8) is 0 Å². The van der Waals surface area contributed by atoms with Gasteiger partial charge >= 0.3 is 7.12 Å². The van der Waals surface area contributed by atoms with E-state index >= 15 is 0 Å². The van der Waals surface area contributed by atoms with Crippen molar-refractivity contribution in [1.29, 1.82) is 0 Å². The zero-order valence-electron chi connectivity index (χ0n) is 9.82. The van der Waals surface area contributed by atoms with Gasteiger partial charge in [0, 0.05) is 19.0 Å². The first-order valence-electron chi connectivity index (χ1n) is 5.43. The molecule has 0 saturated carbocycles. The molecule has 1 rings (SSSR count). The van der Waals surface area contributed by atoms with E-state index in [1.165, 1.54) is 4.90 Å². The SMILES string of the molecule is CC(N)CC(=O)N1CCC[C@H]1B(O)O.O=CO. The standard InChI is InChI=1S/C8H17BN2O3.CH2O2/c1-6(10)5-8(12)11-4-2-3-7(11)9(13)14;2-1-3/h6-7,13-14H,2-5,10H2,1H3;1H,(H,2,3)/t6?,7-;/m0./s1. The van der Waals surface area contributed by atoms with E-state index in [1.807, 2.05) is 0 Å². The summed E-state index contributed by atoms with van der Waals surface area (Å²) >= 11 is 0. The molecule has 1 unspecified atom stereocenters. The molecule has 0 aliphatic carbocycles. The monoisotopic (exact) mass is 246 g/mol. The molecule has 1 heterocycles. The molecule has 2 atom stereocenters. The number of nitrogens with two attached hydrogens (primary N) is 1. The van der Waals surface area contributed by atoms with Crippen molar-refractivity contribution in [3.05, 3.63) is 0 Å². The number of likely N-dealkylation sites (tertiary alicyclic amines) is 1. The van der Waals surface area contributed by atoms with Crippen molar-refractivity contribution in [3.8, 4) is 0 Å². The van der Waals surface area contributed by atoms with Crippen molar-refractivity contribution >= 4 is 19.5 Å². The number of amides is 1. The second kappa shape index (κ2) is 8.05. The lowest BCUT2D eigenvalue weighted by molar-refractivity contribution is -0.131. The molecular formula is C9H19BN2O5. The van der Waals surface area contributed by atoms with Crippen LogP contribution in [0.15, 0.2) is 0 Å². The van der Waals surface area contributed by atoms with Crippen LogP contribution in [-0.2, 0) is 9.59 Å². The van der Waals surface area contributed by atoms with Crippen LogP contribution in [0.25, 0.3) is 0 Å². The Morgan fingerprint density at radius 2 is 2.18 bits per heavy atom. The van der Waals surface area contributed by atoms with Gasteiger partial charge < -0.3 is 25.8 Å². The summed E-state index contributed by atoms with van der Waals surface area (Å²) < 4.78 is 0. The molecule has 0 bridgehead atoms. The molecule has 0 aromatic carbocycles. The predicted molar refractivity (Wildman–Crippen MR) is 61.9 cm³/mol. The van der Waals surface area contributed by atoms with Crippen molar-refractivity contribution in [2.24, 2.45) is 5.73 Å². The van der Waals surface area contributed by atoms with E-state index in [9.17, 15) is 4.79 Å². The highest BCUT2D eigenvalue weighted by Gasteiger charge is 2.36. The lowest BCUT2D eigenvalue weighted by Crippen LogP contribution is -2.46. The summed E-state index contributed by atoms with van der Waals surface area (Å²) in [5.74, 6) is -0.531. The summed E-state index contributed by atoms with van der Waals surface area (Å²) in [4.78, 5) is 21.5. The van der Waals surface area contributed by atoms with Gasteiger partial charge in [-0.1, -0.05) is 0 Å². The van der Waals surface area contributed by atoms with Gasteiger partial charge in [-0.05, 0) is 19.8 Å². The molecule has 0 aromatic heterocycles. The van der Waals surface area contributed by atoms with Crippen molar-refractivity contribution in [1.82, 2.24) is 4.90 Å². The Labute approximate surface area is 100 Å². The van der Waals surface area contributed by atoms with Crippen molar-refractivity contribution < 1.29 is 24.7 Å². The fourth-order valence-electron chi connectivity index (χ4n) is 1.80. The topological polar surface area (TPSA) is 124 Å². The van der Waals surface area contributed by atoms with Crippen LogP contribution in [0.4, 0.5) is 0 Å². The normalized spacial score (nSPS) is 20.2. The molecule has 1 aliphatic heterocycles. The molecule has 98 valence electrons. The van der Waals surface area contributed by atoms with E-state index in [0.717, 1.165) is 6.42 Å². The minimum Gasteiger partial charge on any atom is -0.483 e. The number of carbonyl (C=O) groups is 2. The van der Waals surface area contributed by atoms with Crippen LogP contribution in [0.2, 0.25) is 0 Å². The van der Waals surface area contributed by atoms with E-state index in [0.29, 0.717) is 13.0 Å². The molecule has 0 spiro atoms. The molecule has 1 amide bonds. The molecule has 0 radical (unpaired) electrons. The summed E-state index contributed by atoms with van der Waals surface area (Å²) in [6.45, 7) is 2.12. The maximum absolute atomic E-state index is 11.6. The molecule has 1 fully saturated rings. The second-order valence-electron chi connectivity index (χ2n) is 4.00. The first kappa shape index (κ1) is 15.9. The van der Waals surface area contributed by atoms with E-state index < -0.39 is 13.1 Å². The maximum atomic E-state index is 11.6. The third-order valence-corrected chi connectivity index (χ3v) is 2.46. The van der Waals surface area contributed by atoms with Gasteiger partial charge in [-0.2, -0.15) is 0 Å². The van der Waals surface area contributed by atoms with E-state index in [2.05, 4.69) is 0 Å². The van der Waals surface area contributed by atoms with Crippen molar-refractivity contribution in [2.45, 2.75) is 38.2 Å². The molecule has 0 aromatic rings. The minimum atomic E-state index is -1.44. The Hall–Kier alpha value is -1.12. The first-order valence-corrected chi connectivity index (χ1v) is 5.43. The number of nitrogens with zero attached hydrogens (tertiary/aromatic N) is 1. The zero-order valence-corrected chi connectivity index (χ0v) is 9.82. The molecule has 1 saturated heterocycles. The number of hydrogen-bond acceptors (Lipinski definition) is 5. The average molecular weight is 246 g/mol. The number of rotatable bonds is 3. The third-order valence-electron chi connectivity index (χ3n) is 2.46. The summed E-state index contributed by atoms with van der Waals surface area (Å²) in [5.41, 5.74) is 5.51. The predicted octanol–water partition coefficient (Wildman–Crippen LogP) is -1.57. The molecule has 1 aliphatic rings. The van der Waals surface area contributed by atoms with E-state index in [4.69, 9.17) is 25.7 Å². The smallest absolute Gasteiger partial charge is 0.475 e. The summed E-state index contributed by atoms with van der Waals surface area (Å²) in [6.07, 6.45) is 1.75. The van der Waals surface area contributed by atoms with Gasteiger partial charge in [-0.15, -0.1) is 0 Å². The van der Waals surface area contributed by atoms with Crippen molar-refractivity contribution in [2.75, 3.05) is 6.54 Å².